The summed E-state index contributed by atoms with van der Waals surface area (Å²) in [4.78, 5) is 4.55. The highest BCUT2D eigenvalue weighted by molar-refractivity contribution is 5.79. The van der Waals surface area contributed by atoms with Crippen molar-refractivity contribution < 1.29 is 14.2 Å². The number of methoxy groups -OCH3 is 1. The van der Waals surface area contributed by atoms with E-state index in [0.717, 1.165) is 32.0 Å². The molecular weight excluding hydrogens is 318 g/mol. The third kappa shape index (κ3) is 10.8. The second kappa shape index (κ2) is 14.7. The van der Waals surface area contributed by atoms with Gasteiger partial charge in [-0.2, -0.15) is 0 Å². The molecule has 1 atom stereocenters. The Morgan fingerprint density at radius 3 is 2.60 bits per heavy atom. The first-order valence-electron chi connectivity index (χ1n) is 9.03. The van der Waals surface area contributed by atoms with Gasteiger partial charge in [0, 0.05) is 33.4 Å². The molecule has 0 radical (unpaired) electrons. The predicted octanol–water partition coefficient (Wildman–Crippen LogP) is 2.37. The van der Waals surface area contributed by atoms with Crippen molar-refractivity contribution in [3.8, 4) is 0 Å². The zero-order chi connectivity index (χ0) is 18.2. The second-order valence-corrected chi connectivity index (χ2v) is 5.57. The highest BCUT2D eigenvalue weighted by Gasteiger charge is 2.04. The Morgan fingerprint density at radius 1 is 1.08 bits per heavy atom. The Balaban J connectivity index is 2.17. The lowest BCUT2D eigenvalue weighted by atomic mass is 10.1. The maximum atomic E-state index is 5.86. The molecule has 0 amide bonds. The van der Waals surface area contributed by atoms with E-state index in [2.05, 4.69) is 41.6 Å². The molecule has 6 nitrogen and oxygen atoms in total. The Bertz CT molecular complexity index is 454. The van der Waals surface area contributed by atoms with Gasteiger partial charge in [0.25, 0.3) is 0 Å². The van der Waals surface area contributed by atoms with Crippen LogP contribution < -0.4 is 10.6 Å². The fourth-order valence-corrected chi connectivity index (χ4v) is 2.16. The summed E-state index contributed by atoms with van der Waals surface area (Å²) in [5, 5.41) is 6.48. The Kier molecular flexibility index (Phi) is 12.6. The molecule has 1 unspecified atom stereocenters. The lowest BCUT2D eigenvalue weighted by Crippen LogP contribution is -2.39. The van der Waals surface area contributed by atoms with Crippen molar-refractivity contribution in [1.29, 1.82) is 0 Å². The highest BCUT2D eigenvalue weighted by Crippen LogP contribution is 2.15. The summed E-state index contributed by atoms with van der Waals surface area (Å²) in [5.41, 5.74) is 1.20. The van der Waals surface area contributed by atoms with Crippen LogP contribution in [-0.2, 0) is 14.2 Å². The van der Waals surface area contributed by atoms with Crippen LogP contribution in [0.4, 0.5) is 0 Å². The molecule has 0 aliphatic carbocycles. The van der Waals surface area contributed by atoms with Crippen molar-refractivity contribution in [3.05, 3.63) is 35.9 Å². The van der Waals surface area contributed by atoms with E-state index in [0.29, 0.717) is 26.4 Å². The number of nitrogens with one attached hydrogen (secondary N) is 2. The van der Waals surface area contributed by atoms with Gasteiger partial charge in [-0.3, -0.25) is 4.99 Å². The number of ether oxygens (including phenoxy) is 3. The van der Waals surface area contributed by atoms with Crippen molar-refractivity contribution in [2.45, 2.75) is 26.4 Å². The molecule has 0 saturated carbocycles. The van der Waals surface area contributed by atoms with Gasteiger partial charge in [-0.1, -0.05) is 30.3 Å². The van der Waals surface area contributed by atoms with E-state index in [1.54, 1.807) is 7.11 Å². The molecular formula is C19H33N3O3. The van der Waals surface area contributed by atoms with Crippen LogP contribution in [0.2, 0.25) is 0 Å². The smallest absolute Gasteiger partial charge is 0.191 e. The van der Waals surface area contributed by atoms with Crippen molar-refractivity contribution in [1.82, 2.24) is 10.6 Å². The van der Waals surface area contributed by atoms with Crippen LogP contribution in [-0.4, -0.2) is 59.1 Å². The Hall–Kier alpha value is -1.63. The van der Waals surface area contributed by atoms with E-state index in [9.17, 15) is 0 Å². The molecule has 6 heteroatoms. The van der Waals surface area contributed by atoms with Gasteiger partial charge in [-0.05, 0) is 25.8 Å². The van der Waals surface area contributed by atoms with E-state index < -0.39 is 0 Å². The summed E-state index contributed by atoms with van der Waals surface area (Å²) in [6.45, 7) is 8.96. The lowest BCUT2D eigenvalue weighted by molar-refractivity contribution is 0.0651. The van der Waals surface area contributed by atoms with E-state index in [4.69, 9.17) is 14.2 Å². The van der Waals surface area contributed by atoms with Crippen LogP contribution in [0.5, 0.6) is 0 Å². The first-order chi connectivity index (χ1) is 12.3. The van der Waals surface area contributed by atoms with Crippen LogP contribution in [0.15, 0.2) is 35.3 Å². The minimum atomic E-state index is 0.112. The molecule has 25 heavy (non-hydrogen) atoms. The molecule has 0 fully saturated rings. The molecule has 0 aromatic heterocycles. The minimum absolute atomic E-state index is 0.112. The van der Waals surface area contributed by atoms with Crippen molar-refractivity contribution in [2.24, 2.45) is 4.99 Å². The van der Waals surface area contributed by atoms with Crippen LogP contribution in [0, 0.1) is 0 Å². The van der Waals surface area contributed by atoms with Gasteiger partial charge < -0.3 is 24.8 Å². The summed E-state index contributed by atoms with van der Waals surface area (Å²) < 4.78 is 16.2. The summed E-state index contributed by atoms with van der Waals surface area (Å²) in [5.74, 6) is 0.814. The summed E-state index contributed by atoms with van der Waals surface area (Å²) in [6.07, 6.45) is 0.999. The molecule has 0 spiro atoms. The number of hydrogen-bond acceptors (Lipinski definition) is 4. The lowest BCUT2D eigenvalue weighted by Gasteiger charge is -2.13. The molecule has 0 heterocycles. The van der Waals surface area contributed by atoms with Crippen LogP contribution in [0.3, 0.4) is 0 Å². The van der Waals surface area contributed by atoms with E-state index in [1.807, 2.05) is 18.2 Å². The highest BCUT2D eigenvalue weighted by atomic mass is 16.5. The van der Waals surface area contributed by atoms with E-state index in [1.165, 1.54) is 5.56 Å². The first kappa shape index (κ1) is 21.4. The fraction of sp³-hybridized carbons (Fsp3) is 0.632. The maximum Gasteiger partial charge on any atom is 0.191 e. The predicted molar refractivity (Wildman–Crippen MR) is 102 cm³/mol. The molecule has 0 aliphatic heterocycles. The number of nitrogens with zero attached hydrogens (tertiary/aromatic N) is 1. The second-order valence-electron chi connectivity index (χ2n) is 5.57. The number of hydrogen-bond donors (Lipinski definition) is 2. The van der Waals surface area contributed by atoms with Gasteiger partial charge >= 0.3 is 0 Å². The standard InChI is InChI=1S/C19H33N3O3/c1-4-20-19(22-12-14-24-16-15-23-3)21-11-8-13-25-17(2)18-9-6-5-7-10-18/h5-7,9-10,17H,4,8,11-16H2,1-3H3,(H2,20,21,22). The maximum absolute atomic E-state index is 5.86. The third-order valence-electron chi connectivity index (χ3n) is 3.52. The van der Waals surface area contributed by atoms with Gasteiger partial charge in [0.1, 0.15) is 0 Å². The first-order valence-corrected chi connectivity index (χ1v) is 9.03. The molecule has 1 aromatic rings. The van der Waals surface area contributed by atoms with Crippen molar-refractivity contribution in [3.63, 3.8) is 0 Å². The molecule has 0 saturated heterocycles. The average molecular weight is 351 g/mol. The minimum Gasteiger partial charge on any atom is -0.382 e. The SMILES string of the molecule is CCNC(=NCCCOC(C)c1ccccc1)NCCOCCOC. The van der Waals surface area contributed by atoms with Crippen LogP contribution >= 0.6 is 0 Å². The Morgan fingerprint density at radius 2 is 1.88 bits per heavy atom. The van der Waals surface area contributed by atoms with Gasteiger partial charge in [0.05, 0.1) is 25.9 Å². The molecule has 0 bridgehead atoms. The largest absolute Gasteiger partial charge is 0.382 e. The Labute approximate surface area is 152 Å². The number of guanidine groups is 1. The van der Waals surface area contributed by atoms with E-state index >= 15 is 0 Å². The molecule has 0 aliphatic rings. The summed E-state index contributed by atoms with van der Waals surface area (Å²) in [6, 6.07) is 10.3. The fourth-order valence-electron chi connectivity index (χ4n) is 2.16. The summed E-state index contributed by atoms with van der Waals surface area (Å²) in [7, 11) is 1.67. The van der Waals surface area contributed by atoms with Crippen LogP contribution in [0.1, 0.15) is 31.9 Å². The van der Waals surface area contributed by atoms with Gasteiger partial charge in [-0.25, -0.2) is 0 Å². The molecule has 2 N–H and O–H groups in total. The summed E-state index contributed by atoms with van der Waals surface area (Å²) >= 11 is 0. The zero-order valence-electron chi connectivity index (χ0n) is 15.8. The van der Waals surface area contributed by atoms with Crippen molar-refractivity contribution in [2.75, 3.05) is 53.2 Å². The normalized spacial score (nSPS) is 12.8. The number of rotatable bonds is 13. The van der Waals surface area contributed by atoms with E-state index in [-0.39, 0.29) is 6.10 Å². The van der Waals surface area contributed by atoms with Gasteiger partial charge in [-0.15, -0.1) is 0 Å². The third-order valence-corrected chi connectivity index (χ3v) is 3.52. The topological polar surface area (TPSA) is 64.1 Å². The molecule has 142 valence electrons. The number of benzene rings is 1. The average Bonchev–Trinajstić information content (AvgIpc) is 2.64. The number of aliphatic imine (C=N–C) groups is 1. The van der Waals surface area contributed by atoms with Crippen LogP contribution in [0.25, 0.3) is 0 Å². The zero-order valence-corrected chi connectivity index (χ0v) is 15.8. The quantitative estimate of drug-likeness (QED) is 0.324. The molecule has 1 aromatic carbocycles. The molecule has 1 rings (SSSR count). The van der Waals surface area contributed by atoms with Gasteiger partial charge in [0.15, 0.2) is 5.96 Å². The monoisotopic (exact) mass is 351 g/mol. The van der Waals surface area contributed by atoms with Crippen molar-refractivity contribution >= 4 is 5.96 Å². The van der Waals surface area contributed by atoms with Gasteiger partial charge in [0.2, 0.25) is 0 Å².